The minimum atomic E-state index is -0.719. The highest BCUT2D eigenvalue weighted by atomic mass is 16.5. The Labute approximate surface area is 175 Å². The molecular weight excluding hydrogens is 402 g/mol. The van der Waals surface area contributed by atoms with Crippen LogP contribution < -0.4 is 16.6 Å². The molecule has 158 valence electrons. The third kappa shape index (κ3) is 3.70. The molecule has 0 bridgehead atoms. The zero-order chi connectivity index (χ0) is 22.1. The van der Waals surface area contributed by atoms with Gasteiger partial charge in [0, 0.05) is 25.2 Å². The number of carbonyl (C=O) groups is 2. The number of anilines is 1. The Bertz CT molecular complexity index is 1440. The zero-order valence-corrected chi connectivity index (χ0v) is 16.9. The van der Waals surface area contributed by atoms with Crippen molar-refractivity contribution < 1.29 is 14.3 Å². The van der Waals surface area contributed by atoms with Crippen molar-refractivity contribution in [3.63, 3.8) is 0 Å². The van der Waals surface area contributed by atoms with E-state index in [9.17, 15) is 19.2 Å². The van der Waals surface area contributed by atoms with Crippen LogP contribution in [0.4, 0.5) is 5.69 Å². The molecule has 0 saturated heterocycles. The molecule has 31 heavy (non-hydrogen) atoms. The largest absolute Gasteiger partial charge is 0.454 e. The van der Waals surface area contributed by atoms with E-state index in [2.05, 4.69) is 10.3 Å². The SMILES string of the molecule is Cn1c(=O)c2c(ncn2CC(=O)OCC(=O)Nc2cccc3ccccc23)n(C)c1=O. The fourth-order valence-electron chi connectivity index (χ4n) is 3.37. The molecule has 2 aromatic carbocycles. The molecule has 10 nitrogen and oxygen atoms in total. The molecule has 2 heterocycles. The third-order valence-corrected chi connectivity index (χ3v) is 4.94. The molecule has 10 heteroatoms. The fourth-order valence-corrected chi connectivity index (χ4v) is 3.37. The van der Waals surface area contributed by atoms with Gasteiger partial charge < -0.3 is 14.6 Å². The molecular formula is C21H19N5O5. The lowest BCUT2D eigenvalue weighted by atomic mass is 10.1. The van der Waals surface area contributed by atoms with Crippen LogP contribution in [0.5, 0.6) is 0 Å². The Morgan fingerprint density at radius 1 is 1.03 bits per heavy atom. The van der Waals surface area contributed by atoms with E-state index in [-0.39, 0.29) is 17.7 Å². The van der Waals surface area contributed by atoms with Gasteiger partial charge in [-0.1, -0.05) is 36.4 Å². The average molecular weight is 421 g/mol. The van der Waals surface area contributed by atoms with Crippen LogP contribution in [0.15, 0.2) is 58.4 Å². The average Bonchev–Trinajstić information content (AvgIpc) is 3.18. The predicted octanol–water partition coefficient (Wildman–Crippen LogP) is 0.769. The van der Waals surface area contributed by atoms with E-state index in [0.717, 1.165) is 15.3 Å². The van der Waals surface area contributed by atoms with Crippen LogP contribution in [0.1, 0.15) is 0 Å². The maximum atomic E-state index is 12.4. The normalized spacial score (nSPS) is 11.0. The smallest absolute Gasteiger partial charge is 0.332 e. The summed E-state index contributed by atoms with van der Waals surface area (Å²) in [6.45, 7) is -0.809. The number of esters is 1. The van der Waals surface area contributed by atoms with Crippen molar-refractivity contribution in [2.75, 3.05) is 11.9 Å². The van der Waals surface area contributed by atoms with Gasteiger partial charge >= 0.3 is 11.7 Å². The van der Waals surface area contributed by atoms with Crippen molar-refractivity contribution in [1.82, 2.24) is 18.7 Å². The molecule has 0 spiro atoms. The van der Waals surface area contributed by atoms with E-state index in [1.54, 1.807) is 6.07 Å². The molecule has 0 unspecified atom stereocenters. The number of benzene rings is 2. The zero-order valence-electron chi connectivity index (χ0n) is 16.9. The highest BCUT2D eigenvalue weighted by Gasteiger charge is 2.17. The second kappa shape index (κ2) is 7.90. The Morgan fingerprint density at radius 2 is 1.77 bits per heavy atom. The summed E-state index contributed by atoms with van der Waals surface area (Å²) in [7, 11) is 2.83. The minimum absolute atomic E-state index is 0.0988. The van der Waals surface area contributed by atoms with Crippen LogP contribution in [0.25, 0.3) is 21.9 Å². The topological polar surface area (TPSA) is 117 Å². The lowest BCUT2D eigenvalue weighted by molar-refractivity contribution is -0.147. The van der Waals surface area contributed by atoms with Crippen molar-refractivity contribution in [3.8, 4) is 0 Å². The van der Waals surface area contributed by atoms with Crippen molar-refractivity contribution in [2.45, 2.75) is 6.54 Å². The molecule has 0 saturated carbocycles. The maximum absolute atomic E-state index is 12.4. The number of nitrogens with zero attached hydrogens (tertiary/aromatic N) is 4. The number of amides is 1. The van der Waals surface area contributed by atoms with Gasteiger partial charge in [-0.3, -0.25) is 23.5 Å². The Hall–Kier alpha value is -4.21. The first-order valence-corrected chi connectivity index (χ1v) is 9.41. The number of ether oxygens (including phenoxy) is 1. The molecule has 2 aromatic heterocycles. The number of imidazole rings is 1. The Morgan fingerprint density at radius 3 is 2.58 bits per heavy atom. The molecule has 0 aliphatic carbocycles. The molecule has 0 atom stereocenters. The maximum Gasteiger partial charge on any atom is 0.332 e. The van der Waals surface area contributed by atoms with Crippen LogP contribution in [-0.4, -0.2) is 37.2 Å². The predicted molar refractivity (Wildman–Crippen MR) is 114 cm³/mol. The first-order valence-electron chi connectivity index (χ1n) is 9.41. The van der Waals surface area contributed by atoms with E-state index < -0.39 is 29.7 Å². The van der Waals surface area contributed by atoms with Crippen molar-refractivity contribution in [2.24, 2.45) is 14.1 Å². The van der Waals surface area contributed by atoms with Crippen molar-refractivity contribution >= 4 is 39.5 Å². The number of nitrogens with one attached hydrogen (secondary N) is 1. The van der Waals surface area contributed by atoms with Crippen molar-refractivity contribution in [3.05, 3.63) is 69.6 Å². The summed E-state index contributed by atoms with van der Waals surface area (Å²) >= 11 is 0. The second-order valence-electron chi connectivity index (χ2n) is 6.99. The van der Waals surface area contributed by atoms with Gasteiger partial charge in [0.1, 0.15) is 6.54 Å². The van der Waals surface area contributed by atoms with E-state index in [4.69, 9.17) is 4.74 Å². The lowest BCUT2D eigenvalue weighted by Crippen LogP contribution is -2.37. The highest BCUT2D eigenvalue weighted by Crippen LogP contribution is 2.22. The van der Waals surface area contributed by atoms with Gasteiger partial charge in [-0.15, -0.1) is 0 Å². The number of fused-ring (bicyclic) bond motifs is 2. The standard InChI is InChI=1S/C21H19N5O5/c1-24-19-18(20(29)25(2)21(24)30)26(12-22-19)10-17(28)31-11-16(27)23-15-9-5-7-13-6-3-4-8-14(13)15/h3-9,12H,10-11H2,1-2H3,(H,23,27). The van der Waals surface area contributed by atoms with Gasteiger partial charge in [0.15, 0.2) is 17.8 Å². The summed E-state index contributed by atoms with van der Waals surface area (Å²) in [5.41, 5.74) is -0.215. The first kappa shape index (κ1) is 20.1. The third-order valence-electron chi connectivity index (χ3n) is 4.94. The van der Waals surface area contributed by atoms with Crippen LogP contribution >= 0.6 is 0 Å². The quantitative estimate of drug-likeness (QED) is 0.476. The first-order chi connectivity index (χ1) is 14.9. The molecule has 1 amide bonds. The minimum Gasteiger partial charge on any atom is -0.454 e. The van der Waals surface area contributed by atoms with E-state index in [1.807, 2.05) is 36.4 Å². The van der Waals surface area contributed by atoms with Gasteiger partial charge in [0.2, 0.25) is 0 Å². The summed E-state index contributed by atoms with van der Waals surface area (Å²) in [6.07, 6.45) is 1.28. The summed E-state index contributed by atoms with van der Waals surface area (Å²) in [5, 5.41) is 4.58. The highest BCUT2D eigenvalue weighted by molar-refractivity contribution is 6.02. The van der Waals surface area contributed by atoms with Gasteiger partial charge in [-0.25, -0.2) is 9.78 Å². The Balaban J connectivity index is 1.45. The summed E-state index contributed by atoms with van der Waals surface area (Å²) in [5.74, 6) is -1.21. The number of aromatic nitrogens is 4. The number of hydrogen-bond donors (Lipinski definition) is 1. The summed E-state index contributed by atoms with van der Waals surface area (Å²) in [4.78, 5) is 52.9. The molecule has 0 aliphatic heterocycles. The van der Waals surface area contributed by atoms with E-state index in [0.29, 0.717) is 5.69 Å². The van der Waals surface area contributed by atoms with Crippen molar-refractivity contribution in [1.29, 1.82) is 0 Å². The summed E-state index contributed by atoms with van der Waals surface area (Å²) < 4.78 is 8.50. The van der Waals surface area contributed by atoms with Crippen LogP contribution in [0.3, 0.4) is 0 Å². The summed E-state index contributed by atoms with van der Waals surface area (Å²) in [6, 6.07) is 13.1. The van der Waals surface area contributed by atoms with Gasteiger partial charge in [-0.2, -0.15) is 0 Å². The van der Waals surface area contributed by atoms with Crippen LogP contribution in [0.2, 0.25) is 0 Å². The molecule has 0 aliphatic rings. The van der Waals surface area contributed by atoms with Gasteiger partial charge in [-0.05, 0) is 11.5 Å². The fraction of sp³-hybridized carbons (Fsp3) is 0.190. The number of aryl methyl sites for hydroxylation is 1. The van der Waals surface area contributed by atoms with E-state index in [1.165, 1.54) is 29.6 Å². The molecule has 4 aromatic rings. The second-order valence-corrected chi connectivity index (χ2v) is 6.99. The number of rotatable bonds is 5. The van der Waals surface area contributed by atoms with Crippen LogP contribution in [0, 0.1) is 0 Å². The molecule has 0 radical (unpaired) electrons. The van der Waals surface area contributed by atoms with Gasteiger partial charge in [0.25, 0.3) is 11.5 Å². The lowest BCUT2D eigenvalue weighted by Gasteiger charge is -2.10. The Kier molecular flexibility index (Phi) is 5.12. The monoisotopic (exact) mass is 421 g/mol. The van der Waals surface area contributed by atoms with E-state index >= 15 is 0 Å². The molecule has 4 rings (SSSR count). The molecule has 1 N–H and O–H groups in total. The number of carbonyl (C=O) groups excluding carboxylic acids is 2. The van der Waals surface area contributed by atoms with Crippen LogP contribution in [-0.2, 0) is 35.0 Å². The number of hydrogen-bond acceptors (Lipinski definition) is 6. The van der Waals surface area contributed by atoms with Gasteiger partial charge in [0.05, 0.1) is 6.33 Å². The molecule has 0 fully saturated rings.